The van der Waals surface area contributed by atoms with Gasteiger partial charge in [0, 0.05) is 24.4 Å². The number of nitrogens with zero attached hydrogens (tertiary/aromatic N) is 1. The van der Waals surface area contributed by atoms with E-state index in [1.54, 1.807) is 26.8 Å². The number of hydrogen-bond donors (Lipinski definition) is 1. The highest BCUT2D eigenvalue weighted by atomic mass is 32.1. The van der Waals surface area contributed by atoms with Crippen LogP contribution in [0.1, 0.15) is 87.8 Å². The number of carbonyl (C=O) groups is 4. The number of benzene rings is 1. The standard InChI is InChI=1S/C36H52N2O6SSi/c1-25(24-43-46(8,9)36(5,6)7)18-19-27-20-21-30(45-27)31(39)33(41)38-22-14-13-17-29(38)32(40)37-28(34(42)44-35(2,3)4)23-26-15-11-10-12-16-26/h10-12,15-16,18-21,25,28-29H,13-14,17,22-24H2,1-9H3,(H,37,40)/b19-18+/t25-,28-,29-/m0/s1. The molecule has 1 N–H and O–H groups in total. The molecule has 1 aromatic heterocycles. The largest absolute Gasteiger partial charge is 0.458 e. The zero-order valence-corrected chi connectivity index (χ0v) is 30.8. The molecule has 252 valence electrons. The number of amides is 2. The van der Waals surface area contributed by atoms with Crippen molar-refractivity contribution in [3.8, 4) is 0 Å². The average Bonchev–Trinajstić information content (AvgIpc) is 3.46. The van der Waals surface area contributed by atoms with Crippen molar-refractivity contribution < 1.29 is 28.3 Å². The second kappa shape index (κ2) is 15.7. The number of ketones is 1. The lowest BCUT2D eigenvalue weighted by Crippen LogP contribution is -2.57. The van der Waals surface area contributed by atoms with Crippen LogP contribution in [0.5, 0.6) is 0 Å². The molecule has 0 saturated carbocycles. The Kier molecular flexibility index (Phi) is 12.7. The Morgan fingerprint density at radius 3 is 2.33 bits per heavy atom. The predicted octanol–water partition coefficient (Wildman–Crippen LogP) is 7.05. The quantitative estimate of drug-likeness (QED) is 0.113. The van der Waals surface area contributed by atoms with Crippen LogP contribution in [-0.2, 0) is 30.0 Å². The summed E-state index contributed by atoms with van der Waals surface area (Å²) in [6, 6.07) is 11.1. The molecule has 1 aliphatic rings. The van der Waals surface area contributed by atoms with Gasteiger partial charge in [0.1, 0.15) is 17.7 Å². The molecule has 3 atom stereocenters. The van der Waals surface area contributed by atoms with E-state index in [9.17, 15) is 19.2 Å². The minimum atomic E-state index is -1.84. The zero-order chi connectivity index (χ0) is 34.3. The third-order valence-corrected chi connectivity index (χ3v) is 14.1. The van der Waals surface area contributed by atoms with Gasteiger partial charge in [0.25, 0.3) is 11.7 Å². The van der Waals surface area contributed by atoms with Crippen LogP contribution in [0.3, 0.4) is 0 Å². The van der Waals surface area contributed by atoms with Crippen LogP contribution in [-0.4, -0.2) is 67.6 Å². The predicted molar refractivity (Wildman–Crippen MR) is 187 cm³/mol. The highest BCUT2D eigenvalue weighted by molar-refractivity contribution is 7.15. The van der Waals surface area contributed by atoms with Crippen molar-refractivity contribution >= 4 is 49.3 Å². The molecule has 2 heterocycles. The van der Waals surface area contributed by atoms with E-state index in [0.29, 0.717) is 30.9 Å². The van der Waals surface area contributed by atoms with Gasteiger partial charge in [-0.05, 0) is 87.9 Å². The first-order valence-electron chi connectivity index (χ1n) is 16.2. The zero-order valence-electron chi connectivity index (χ0n) is 29.0. The molecule has 8 nitrogen and oxygen atoms in total. The van der Waals surface area contributed by atoms with Gasteiger partial charge in [-0.3, -0.25) is 14.4 Å². The minimum absolute atomic E-state index is 0.141. The Balaban J connectivity index is 1.68. The van der Waals surface area contributed by atoms with Crippen LogP contribution in [0, 0.1) is 5.92 Å². The topological polar surface area (TPSA) is 102 Å². The van der Waals surface area contributed by atoms with Gasteiger partial charge < -0.3 is 19.4 Å². The number of piperidine rings is 1. The molecule has 10 heteroatoms. The summed E-state index contributed by atoms with van der Waals surface area (Å²) < 4.78 is 11.9. The van der Waals surface area contributed by atoms with E-state index >= 15 is 0 Å². The van der Waals surface area contributed by atoms with Crippen molar-refractivity contribution in [1.29, 1.82) is 0 Å². The summed E-state index contributed by atoms with van der Waals surface area (Å²) in [5, 5.41) is 2.99. The summed E-state index contributed by atoms with van der Waals surface area (Å²) in [6.45, 7) is 19.5. The summed E-state index contributed by atoms with van der Waals surface area (Å²) in [4.78, 5) is 56.2. The second-order valence-corrected chi connectivity index (χ2v) is 20.7. The molecule has 2 aromatic rings. The summed E-state index contributed by atoms with van der Waals surface area (Å²) in [5.41, 5.74) is 0.131. The highest BCUT2D eigenvalue weighted by Gasteiger charge is 2.39. The Labute approximate surface area is 280 Å². The van der Waals surface area contributed by atoms with E-state index in [0.717, 1.165) is 16.9 Å². The number of carbonyl (C=O) groups excluding carboxylic acids is 4. The monoisotopic (exact) mass is 668 g/mol. The first kappa shape index (κ1) is 37.4. The maximum absolute atomic E-state index is 13.6. The van der Waals surface area contributed by atoms with Crippen molar-refractivity contribution in [2.24, 2.45) is 5.92 Å². The third kappa shape index (κ3) is 10.7. The lowest BCUT2D eigenvalue weighted by atomic mass is 9.99. The maximum atomic E-state index is 13.6. The Morgan fingerprint density at radius 2 is 1.70 bits per heavy atom. The second-order valence-electron chi connectivity index (χ2n) is 14.7. The molecular weight excluding hydrogens is 617 g/mol. The van der Waals surface area contributed by atoms with Crippen LogP contribution < -0.4 is 5.32 Å². The van der Waals surface area contributed by atoms with E-state index in [4.69, 9.17) is 9.16 Å². The number of thiophene rings is 1. The van der Waals surface area contributed by atoms with Gasteiger partial charge in [0.05, 0.1) is 4.88 Å². The molecule has 0 bridgehead atoms. The van der Waals surface area contributed by atoms with Crippen molar-refractivity contribution in [3.63, 3.8) is 0 Å². The van der Waals surface area contributed by atoms with Crippen molar-refractivity contribution in [2.45, 2.75) is 110 Å². The molecule has 1 aliphatic heterocycles. The molecule has 0 spiro atoms. The number of esters is 1. The van der Waals surface area contributed by atoms with Crippen LogP contribution in [0.15, 0.2) is 48.5 Å². The van der Waals surface area contributed by atoms with Gasteiger partial charge in [-0.1, -0.05) is 64.1 Å². The highest BCUT2D eigenvalue weighted by Crippen LogP contribution is 2.37. The SMILES string of the molecule is C[C@@H](/C=C/c1ccc(C(=O)C(=O)N2CCCC[C@H]2C(=O)N[C@@H](Cc2ccccc2)C(=O)OC(C)(C)C)s1)CO[Si](C)(C)C(C)(C)C. The lowest BCUT2D eigenvalue weighted by Gasteiger charge is -2.36. The van der Waals surface area contributed by atoms with Gasteiger partial charge in [-0.15, -0.1) is 11.3 Å². The Morgan fingerprint density at radius 1 is 1.02 bits per heavy atom. The van der Waals surface area contributed by atoms with Gasteiger partial charge in [-0.25, -0.2) is 4.79 Å². The first-order valence-corrected chi connectivity index (χ1v) is 19.9. The third-order valence-electron chi connectivity index (χ3n) is 8.50. The molecule has 46 heavy (non-hydrogen) atoms. The van der Waals surface area contributed by atoms with Crippen molar-refractivity contribution in [3.05, 3.63) is 63.9 Å². The van der Waals surface area contributed by atoms with Gasteiger partial charge >= 0.3 is 5.97 Å². The minimum Gasteiger partial charge on any atom is -0.458 e. The van der Waals surface area contributed by atoms with E-state index in [1.165, 1.54) is 16.2 Å². The van der Waals surface area contributed by atoms with E-state index in [1.807, 2.05) is 42.5 Å². The summed E-state index contributed by atoms with van der Waals surface area (Å²) in [6.07, 6.45) is 6.10. The van der Waals surface area contributed by atoms with Crippen molar-refractivity contribution in [2.75, 3.05) is 13.2 Å². The lowest BCUT2D eigenvalue weighted by molar-refractivity contribution is -0.159. The first-order chi connectivity index (χ1) is 21.4. The molecule has 0 radical (unpaired) electrons. The van der Waals surface area contributed by atoms with E-state index in [2.05, 4.69) is 52.2 Å². The average molecular weight is 669 g/mol. The normalized spacial score (nSPS) is 17.4. The number of Topliss-reactive ketones (excluding diaryl/α,β-unsaturated/α-hetero) is 1. The fraction of sp³-hybridized carbons (Fsp3) is 0.556. The Bertz CT molecular complexity index is 1390. The van der Waals surface area contributed by atoms with Gasteiger partial charge in [0.15, 0.2) is 8.32 Å². The van der Waals surface area contributed by atoms with Crippen LogP contribution in [0.4, 0.5) is 0 Å². The fourth-order valence-electron chi connectivity index (χ4n) is 4.80. The van der Waals surface area contributed by atoms with Crippen molar-refractivity contribution in [1.82, 2.24) is 10.2 Å². The van der Waals surface area contributed by atoms with Gasteiger partial charge in [-0.2, -0.15) is 0 Å². The van der Waals surface area contributed by atoms with Crippen LogP contribution in [0.2, 0.25) is 18.1 Å². The number of rotatable bonds is 12. The number of hydrogen-bond acceptors (Lipinski definition) is 7. The molecule has 1 fully saturated rings. The molecule has 1 saturated heterocycles. The van der Waals surface area contributed by atoms with Crippen LogP contribution >= 0.6 is 11.3 Å². The Hall–Kier alpha value is -3.08. The molecule has 0 unspecified atom stereocenters. The summed E-state index contributed by atoms with van der Waals surface area (Å²) in [5.74, 6) is -2.15. The number of likely N-dealkylation sites (tertiary alicyclic amines) is 1. The summed E-state index contributed by atoms with van der Waals surface area (Å²) in [7, 11) is -1.84. The smallest absolute Gasteiger partial charge is 0.329 e. The molecule has 2 amide bonds. The summed E-state index contributed by atoms with van der Waals surface area (Å²) >= 11 is 1.26. The van der Waals surface area contributed by atoms with E-state index in [-0.39, 0.29) is 17.4 Å². The van der Waals surface area contributed by atoms with E-state index < -0.39 is 49.6 Å². The molecular formula is C36H52N2O6SSi. The molecule has 0 aliphatic carbocycles. The van der Waals surface area contributed by atoms with Crippen LogP contribution in [0.25, 0.3) is 6.08 Å². The van der Waals surface area contributed by atoms with Gasteiger partial charge in [0.2, 0.25) is 5.91 Å². The molecule has 3 rings (SSSR count). The molecule has 1 aromatic carbocycles. The number of nitrogens with one attached hydrogen (secondary N) is 1. The maximum Gasteiger partial charge on any atom is 0.329 e. The fourth-order valence-corrected chi connectivity index (χ4v) is 6.77. The number of ether oxygens (including phenoxy) is 1.